The molecule has 0 aliphatic heterocycles. The second-order valence-corrected chi connectivity index (χ2v) is 7.08. The van der Waals surface area contributed by atoms with E-state index >= 15 is 0 Å². The maximum Gasteiger partial charge on any atom is 0.191 e. The van der Waals surface area contributed by atoms with Crippen LogP contribution in [0.2, 0.25) is 0 Å². The lowest BCUT2D eigenvalue weighted by Crippen LogP contribution is -2.41. The Bertz CT molecular complexity index is 696. The maximum atomic E-state index is 4.65. The van der Waals surface area contributed by atoms with E-state index in [0.29, 0.717) is 6.54 Å². The third-order valence-corrected chi connectivity index (χ3v) is 4.85. The summed E-state index contributed by atoms with van der Waals surface area (Å²) < 4.78 is 1.14. The van der Waals surface area contributed by atoms with Crippen molar-refractivity contribution in [2.45, 2.75) is 31.7 Å². The molecule has 4 nitrogen and oxygen atoms in total. The summed E-state index contributed by atoms with van der Waals surface area (Å²) in [4.78, 5) is 8.97. The Morgan fingerprint density at radius 1 is 1.21 bits per heavy atom. The van der Waals surface area contributed by atoms with Gasteiger partial charge in [0.05, 0.1) is 12.2 Å². The van der Waals surface area contributed by atoms with Gasteiger partial charge in [0, 0.05) is 29.2 Å². The molecule has 2 N–H and O–H groups in total. The van der Waals surface area contributed by atoms with Crippen LogP contribution in [0.3, 0.4) is 0 Å². The van der Waals surface area contributed by atoms with Crippen molar-refractivity contribution in [2.75, 3.05) is 13.1 Å². The molecule has 0 saturated heterocycles. The molecule has 0 bridgehead atoms. The van der Waals surface area contributed by atoms with E-state index < -0.39 is 0 Å². The van der Waals surface area contributed by atoms with E-state index in [-0.39, 0.29) is 5.41 Å². The van der Waals surface area contributed by atoms with Gasteiger partial charge in [0.2, 0.25) is 0 Å². The largest absolute Gasteiger partial charge is 0.357 e. The Balaban J connectivity index is 1.64. The standard InChI is InChI=1S/C19H23BrN4/c1-2-21-18(23-13-17-8-3-4-11-22-17)24-14-19(9-10-19)15-6-5-7-16(20)12-15/h3-8,11-12H,2,9-10,13-14H2,1H3,(H2,21,23,24). The molecule has 0 amide bonds. The average molecular weight is 387 g/mol. The molecule has 1 saturated carbocycles. The predicted octanol–water partition coefficient (Wildman–Crippen LogP) is 3.63. The van der Waals surface area contributed by atoms with Gasteiger partial charge < -0.3 is 10.6 Å². The maximum absolute atomic E-state index is 4.65. The number of nitrogens with zero attached hydrogens (tertiary/aromatic N) is 2. The van der Waals surface area contributed by atoms with E-state index in [9.17, 15) is 0 Å². The number of hydrogen-bond acceptors (Lipinski definition) is 2. The molecule has 3 rings (SSSR count). The number of pyridine rings is 1. The molecule has 5 heteroatoms. The van der Waals surface area contributed by atoms with E-state index in [1.54, 1.807) is 6.20 Å². The van der Waals surface area contributed by atoms with E-state index in [2.05, 4.69) is 67.7 Å². The zero-order valence-corrected chi connectivity index (χ0v) is 15.5. The molecular formula is C19H23BrN4. The molecule has 2 aromatic rings. The minimum absolute atomic E-state index is 0.241. The van der Waals surface area contributed by atoms with Crippen molar-refractivity contribution in [3.05, 3.63) is 64.4 Å². The first-order valence-electron chi connectivity index (χ1n) is 8.40. The molecule has 0 spiro atoms. The number of aliphatic imine (C=N–C) groups is 1. The summed E-state index contributed by atoms with van der Waals surface area (Å²) in [5.74, 6) is 0.851. The lowest BCUT2D eigenvalue weighted by molar-refractivity contribution is 0.645. The van der Waals surface area contributed by atoms with Crippen LogP contribution in [0.25, 0.3) is 0 Å². The van der Waals surface area contributed by atoms with E-state index in [1.165, 1.54) is 18.4 Å². The van der Waals surface area contributed by atoms with Gasteiger partial charge in [-0.3, -0.25) is 4.98 Å². The third-order valence-electron chi connectivity index (χ3n) is 4.35. The van der Waals surface area contributed by atoms with E-state index in [0.717, 1.165) is 29.2 Å². The summed E-state index contributed by atoms with van der Waals surface area (Å²) in [5, 5.41) is 6.83. The number of benzene rings is 1. The Hall–Kier alpha value is -1.88. The Labute approximate surface area is 151 Å². The highest BCUT2D eigenvalue weighted by atomic mass is 79.9. The number of halogens is 1. The Morgan fingerprint density at radius 2 is 2.08 bits per heavy atom. The number of hydrogen-bond donors (Lipinski definition) is 2. The van der Waals surface area contributed by atoms with Crippen molar-refractivity contribution in [1.29, 1.82) is 0 Å². The number of nitrogens with one attached hydrogen (secondary N) is 2. The third kappa shape index (κ3) is 4.35. The quantitative estimate of drug-likeness (QED) is 0.588. The van der Waals surface area contributed by atoms with Crippen LogP contribution in [0, 0.1) is 0 Å². The van der Waals surface area contributed by atoms with Crippen molar-refractivity contribution >= 4 is 21.9 Å². The van der Waals surface area contributed by atoms with Gasteiger partial charge >= 0.3 is 0 Å². The normalized spacial score (nSPS) is 15.8. The highest BCUT2D eigenvalue weighted by Gasteiger charge is 2.44. The average Bonchev–Trinajstić information content (AvgIpc) is 3.40. The van der Waals surface area contributed by atoms with Crippen LogP contribution in [0.1, 0.15) is 31.0 Å². The first-order chi connectivity index (χ1) is 11.7. The van der Waals surface area contributed by atoms with Crippen molar-refractivity contribution in [2.24, 2.45) is 4.99 Å². The minimum Gasteiger partial charge on any atom is -0.357 e. The van der Waals surface area contributed by atoms with Crippen LogP contribution in [0.15, 0.2) is 58.1 Å². The minimum atomic E-state index is 0.241. The molecule has 1 heterocycles. The summed E-state index contributed by atoms with van der Waals surface area (Å²) in [6.07, 6.45) is 4.24. The van der Waals surface area contributed by atoms with Gasteiger partial charge in [-0.1, -0.05) is 34.1 Å². The second-order valence-electron chi connectivity index (χ2n) is 6.16. The van der Waals surface area contributed by atoms with Crippen molar-refractivity contribution < 1.29 is 0 Å². The highest BCUT2D eigenvalue weighted by molar-refractivity contribution is 9.10. The fourth-order valence-corrected chi connectivity index (χ4v) is 3.18. The zero-order valence-electron chi connectivity index (χ0n) is 13.9. The molecule has 1 fully saturated rings. The Kier molecular flexibility index (Phi) is 5.51. The van der Waals surface area contributed by atoms with E-state index in [4.69, 9.17) is 0 Å². The topological polar surface area (TPSA) is 49.3 Å². The second kappa shape index (κ2) is 7.79. The first-order valence-corrected chi connectivity index (χ1v) is 9.19. The summed E-state index contributed by atoms with van der Waals surface area (Å²) in [7, 11) is 0. The number of guanidine groups is 1. The summed E-state index contributed by atoms with van der Waals surface area (Å²) in [6.45, 7) is 4.41. The van der Waals surface area contributed by atoms with Crippen LogP contribution in [0.5, 0.6) is 0 Å². The monoisotopic (exact) mass is 386 g/mol. The van der Waals surface area contributed by atoms with E-state index in [1.807, 2.05) is 18.2 Å². The van der Waals surface area contributed by atoms with Crippen LogP contribution < -0.4 is 10.6 Å². The molecule has 0 unspecified atom stereocenters. The van der Waals surface area contributed by atoms with Crippen LogP contribution in [0.4, 0.5) is 0 Å². The van der Waals surface area contributed by atoms with Gasteiger partial charge in [0.15, 0.2) is 5.96 Å². The van der Waals surface area contributed by atoms with Crippen LogP contribution in [-0.4, -0.2) is 24.0 Å². The first kappa shape index (κ1) is 17.0. The van der Waals surface area contributed by atoms with Gasteiger partial charge in [-0.2, -0.15) is 0 Å². The number of rotatable bonds is 6. The summed E-state index contributed by atoms with van der Waals surface area (Å²) >= 11 is 3.57. The van der Waals surface area contributed by atoms with Crippen LogP contribution in [-0.2, 0) is 12.0 Å². The van der Waals surface area contributed by atoms with Gasteiger partial charge in [0.25, 0.3) is 0 Å². The molecule has 1 aromatic heterocycles. The smallest absolute Gasteiger partial charge is 0.191 e. The van der Waals surface area contributed by atoms with Crippen molar-refractivity contribution in [3.63, 3.8) is 0 Å². The fourth-order valence-electron chi connectivity index (χ4n) is 2.78. The van der Waals surface area contributed by atoms with Gasteiger partial charge in [-0.15, -0.1) is 0 Å². The predicted molar refractivity (Wildman–Crippen MR) is 102 cm³/mol. The lowest BCUT2D eigenvalue weighted by atomic mass is 9.96. The fraction of sp³-hybridized carbons (Fsp3) is 0.368. The van der Waals surface area contributed by atoms with Gasteiger partial charge in [-0.05, 0) is 49.6 Å². The number of aromatic nitrogens is 1. The molecule has 0 radical (unpaired) electrons. The Morgan fingerprint density at radius 3 is 2.75 bits per heavy atom. The molecular weight excluding hydrogens is 364 g/mol. The van der Waals surface area contributed by atoms with Crippen LogP contribution >= 0.6 is 15.9 Å². The highest BCUT2D eigenvalue weighted by Crippen LogP contribution is 2.48. The molecule has 126 valence electrons. The molecule has 1 aromatic carbocycles. The molecule has 24 heavy (non-hydrogen) atoms. The SMILES string of the molecule is CCNC(=NCc1ccccn1)NCC1(c2cccc(Br)c2)CC1. The van der Waals surface area contributed by atoms with Gasteiger partial charge in [0.1, 0.15) is 0 Å². The summed E-state index contributed by atoms with van der Waals surface area (Å²) in [6, 6.07) is 14.5. The molecule has 0 atom stereocenters. The summed E-state index contributed by atoms with van der Waals surface area (Å²) in [5.41, 5.74) is 2.61. The zero-order chi connectivity index (χ0) is 16.8. The van der Waals surface area contributed by atoms with Crippen molar-refractivity contribution in [3.8, 4) is 0 Å². The van der Waals surface area contributed by atoms with Gasteiger partial charge in [-0.25, -0.2) is 4.99 Å². The molecule has 1 aliphatic rings. The molecule has 1 aliphatic carbocycles. The lowest BCUT2D eigenvalue weighted by Gasteiger charge is -2.19. The van der Waals surface area contributed by atoms with Crippen molar-refractivity contribution in [1.82, 2.24) is 15.6 Å².